The number of nitrogens with two attached hydrogens (primary N) is 1. The lowest BCUT2D eigenvalue weighted by atomic mass is 9.77. The van der Waals surface area contributed by atoms with Crippen molar-refractivity contribution in [2.45, 2.75) is 129 Å². The number of Topliss-reactive ketones (excluding diaryl/α,β-unsaturated/α-hetero) is 1. The molecule has 2 aromatic rings. The molecule has 2 aromatic carbocycles. The maximum Gasteiger partial charge on any atom is 0.315 e. The molecule has 4 fully saturated rings. The lowest BCUT2D eigenvalue weighted by molar-refractivity contribution is -0.145. The van der Waals surface area contributed by atoms with Gasteiger partial charge in [0.05, 0.1) is 6.04 Å². The highest BCUT2D eigenvalue weighted by Gasteiger charge is 2.70. The zero-order chi connectivity index (χ0) is 38.8. The molecule has 1 saturated heterocycles. The van der Waals surface area contributed by atoms with E-state index in [2.05, 4.69) is 35.9 Å². The van der Waals surface area contributed by atoms with Crippen molar-refractivity contribution in [3.63, 3.8) is 0 Å². The number of primary amides is 1. The first kappa shape index (κ1) is 39.3. The van der Waals surface area contributed by atoms with E-state index in [0.29, 0.717) is 26.0 Å². The first-order valence-corrected chi connectivity index (χ1v) is 19.9. The molecule has 11 heteroatoms. The number of carbonyl (C=O) groups excluding carboxylic acids is 5. The second-order valence-corrected chi connectivity index (χ2v) is 18.0. The van der Waals surface area contributed by atoms with E-state index in [1.165, 1.54) is 0 Å². The predicted octanol–water partition coefficient (Wildman–Crippen LogP) is 5.44. The molecule has 5 atom stereocenters. The predicted molar refractivity (Wildman–Crippen MR) is 206 cm³/mol. The largest absolute Gasteiger partial charge is 0.489 e. The summed E-state index contributed by atoms with van der Waals surface area (Å²) >= 11 is 0. The van der Waals surface area contributed by atoms with Crippen LogP contribution < -0.4 is 26.4 Å². The Hall–Kier alpha value is -4.41. The van der Waals surface area contributed by atoms with Crippen LogP contribution in [-0.2, 0) is 32.2 Å². The second kappa shape index (κ2) is 15.7. The van der Waals surface area contributed by atoms with E-state index < -0.39 is 52.7 Å². The average molecular weight is 742 g/mol. The number of urea groups is 1. The van der Waals surface area contributed by atoms with E-state index in [9.17, 15) is 24.0 Å². The third kappa shape index (κ3) is 8.76. The maximum atomic E-state index is 14.6. The highest BCUT2D eigenvalue weighted by atomic mass is 16.5. The zero-order valence-electron chi connectivity index (χ0n) is 32.6. The molecule has 5 N–H and O–H groups in total. The summed E-state index contributed by atoms with van der Waals surface area (Å²) in [6.07, 6.45) is 8.56. The Labute approximate surface area is 319 Å². The molecular weight excluding hydrogens is 683 g/mol. The Morgan fingerprint density at radius 2 is 1.59 bits per heavy atom. The molecule has 0 bridgehead atoms. The highest BCUT2D eigenvalue weighted by molar-refractivity contribution is 6.37. The van der Waals surface area contributed by atoms with E-state index in [0.717, 1.165) is 68.2 Å². The van der Waals surface area contributed by atoms with Crippen molar-refractivity contribution in [3.05, 3.63) is 65.7 Å². The lowest BCUT2D eigenvalue weighted by Crippen LogP contribution is -2.63. The van der Waals surface area contributed by atoms with E-state index in [1.54, 1.807) is 4.90 Å². The van der Waals surface area contributed by atoms with Crippen LogP contribution in [0.25, 0.3) is 0 Å². The fourth-order valence-electron chi connectivity index (χ4n) is 9.21. The van der Waals surface area contributed by atoms with E-state index >= 15 is 0 Å². The van der Waals surface area contributed by atoms with Gasteiger partial charge in [0.15, 0.2) is 0 Å². The summed E-state index contributed by atoms with van der Waals surface area (Å²) < 4.78 is 6.11. The number of nitrogens with one attached hydrogen (secondary N) is 3. The summed E-state index contributed by atoms with van der Waals surface area (Å²) in [5.74, 6) is -1.68. The first-order valence-electron chi connectivity index (χ1n) is 19.9. The number of amides is 5. The van der Waals surface area contributed by atoms with Gasteiger partial charge in [-0.05, 0) is 77.5 Å². The van der Waals surface area contributed by atoms with Gasteiger partial charge in [0, 0.05) is 12.1 Å². The summed E-state index contributed by atoms with van der Waals surface area (Å²) in [5.41, 5.74) is 6.18. The van der Waals surface area contributed by atoms with Gasteiger partial charge in [-0.25, -0.2) is 4.79 Å². The van der Waals surface area contributed by atoms with Crippen LogP contribution in [0.1, 0.15) is 104 Å². The molecule has 2 unspecified atom stereocenters. The van der Waals surface area contributed by atoms with Crippen LogP contribution in [0, 0.1) is 28.6 Å². The van der Waals surface area contributed by atoms with Gasteiger partial charge in [-0.2, -0.15) is 0 Å². The van der Waals surface area contributed by atoms with Gasteiger partial charge in [0.25, 0.3) is 5.91 Å². The minimum Gasteiger partial charge on any atom is -0.489 e. The number of ether oxygens (including phenoxy) is 1. The Kier molecular flexibility index (Phi) is 11.5. The Morgan fingerprint density at radius 3 is 2.22 bits per heavy atom. The fourth-order valence-corrected chi connectivity index (χ4v) is 9.21. The Balaban J connectivity index is 1.16. The van der Waals surface area contributed by atoms with Crippen LogP contribution in [0.5, 0.6) is 5.75 Å². The standard InChI is InChI=1S/C43H59N5O6/c1-41(2,3)36(39(52)48-25-31-33(42(31,4)5)34(48)38(51)45-32(35(49)37(44)50)23-27-16-12-17-27)46-40(53)47-43(20-10-7-11-21-43)24-29-18-13-19-30(22-29)54-26-28-14-8-6-9-15-28/h6,8-9,13-15,18-19,22,27,31-34,36H,7,10-12,16-17,20-21,23-26H2,1-5H3,(H2,44,50)(H,45,51)(H2,46,47,53)/t31?,32?,33-,34-,36+/m0/s1. The molecule has 0 aromatic heterocycles. The average Bonchev–Trinajstić information content (AvgIpc) is 3.41. The van der Waals surface area contributed by atoms with Crippen LogP contribution in [0.2, 0.25) is 0 Å². The van der Waals surface area contributed by atoms with Crippen molar-refractivity contribution in [1.29, 1.82) is 0 Å². The van der Waals surface area contributed by atoms with Gasteiger partial charge in [-0.1, -0.05) is 116 Å². The number of piperidine rings is 1. The molecule has 3 aliphatic carbocycles. The third-order valence-electron chi connectivity index (χ3n) is 12.7. The topological polar surface area (TPSA) is 160 Å². The summed E-state index contributed by atoms with van der Waals surface area (Å²) in [4.78, 5) is 69.1. The van der Waals surface area contributed by atoms with Crippen molar-refractivity contribution in [1.82, 2.24) is 20.9 Å². The van der Waals surface area contributed by atoms with Gasteiger partial charge in [0.1, 0.15) is 24.4 Å². The molecule has 11 nitrogen and oxygen atoms in total. The maximum absolute atomic E-state index is 14.6. The van der Waals surface area contributed by atoms with Gasteiger partial charge in [0.2, 0.25) is 17.6 Å². The molecular formula is C43H59N5O6. The normalized spacial score (nSPS) is 23.9. The van der Waals surface area contributed by atoms with Gasteiger partial charge >= 0.3 is 6.03 Å². The van der Waals surface area contributed by atoms with E-state index in [4.69, 9.17) is 10.5 Å². The Morgan fingerprint density at radius 1 is 0.907 bits per heavy atom. The number of rotatable bonds is 14. The van der Waals surface area contributed by atoms with Crippen molar-refractivity contribution in [2.75, 3.05) is 6.54 Å². The van der Waals surface area contributed by atoms with Crippen molar-refractivity contribution >= 4 is 29.5 Å². The number of hydrogen-bond acceptors (Lipinski definition) is 6. The summed E-state index contributed by atoms with van der Waals surface area (Å²) in [5, 5.41) is 9.23. The van der Waals surface area contributed by atoms with Crippen LogP contribution in [-0.4, -0.2) is 64.6 Å². The SMILES string of the molecule is CC(C)(C)[C@H](NC(=O)NC1(Cc2cccc(OCc3ccccc3)c2)CCCCC1)C(=O)N1CC2[C@@H]([C@H]1C(=O)NC(CC1CCC1)C(=O)C(N)=O)C2(C)C. The molecule has 1 heterocycles. The smallest absolute Gasteiger partial charge is 0.315 e. The quantitative estimate of drug-likeness (QED) is 0.189. The van der Waals surface area contributed by atoms with Gasteiger partial charge in [-0.15, -0.1) is 0 Å². The molecule has 3 saturated carbocycles. The number of carbonyl (C=O) groups is 5. The van der Waals surface area contributed by atoms with E-state index in [1.807, 2.05) is 69.3 Å². The molecule has 6 rings (SSSR count). The first-order chi connectivity index (χ1) is 25.6. The summed E-state index contributed by atoms with van der Waals surface area (Å²) in [7, 11) is 0. The minimum absolute atomic E-state index is 0.0986. The number of fused-ring (bicyclic) bond motifs is 1. The lowest BCUT2D eigenvalue weighted by Gasteiger charge is -2.41. The van der Waals surface area contributed by atoms with Gasteiger partial charge < -0.3 is 31.3 Å². The molecule has 5 amide bonds. The number of nitrogens with zero attached hydrogens (tertiary/aromatic N) is 1. The Bertz CT molecular complexity index is 1710. The molecule has 0 radical (unpaired) electrons. The molecule has 0 spiro atoms. The number of likely N-dealkylation sites (tertiary alicyclic amines) is 1. The summed E-state index contributed by atoms with van der Waals surface area (Å²) in [6, 6.07) is 14.8. The van der Waals surface area contributed by atoms with Crippen LogP contribution in [0.15, 0.2) is 54.6 Å². The van der Waals surface area contributed by atoms with Gasteiger partial charge in [-0.3, -0.25) is 19.2 Å². The van der Waals surface area contributed by atoms with Crippen molar-refractivity contribution in [3.8, 4) is 5.75 Å². The number of hydrogen-bond donors (Lipinski definition) is 4. The number of ketones is 1. The van der Waals surface area contributed by atoms with Crippen LogP contribution >= 0.6 is 0 Å². The molecule has 1 aliphatic heterocycles. The molecule has 54 heavy (non-hydrogen) atoms. The van der Waals surface area contributed by atoms with E-state index in [-0.39, 0.29) is 29.1 Å². The third-order valence-corrected chi connectivity index (χ3v) is 12.7. The second-order valence-electron chi connectivity index (χ2n) is 18.0. The fraction of sp³-hybridized carbons (Fsp3) is 0.605. The van der Waals surface area contributed by atoms with Crippen molar-refractivity contribution < 1.29 is 28.7 Å². The highest BCUT2D eigenvalue weighted by Crippen LogP contribution is 2.65. The molecule has 292 valence electrons. The zero-order valence-corrected chi connectivity index (χ0v) is 32.6. The van der Waals surface area contributed by atoms with Crippen LogP contribution in [0.3, 0.4) is 0 Å². The van der Waals surface area contributed by atoms with Crippen LogP contribution in [0.4, 0.5) is 4.79 Å². The van der Waals surface area contributed by atoms with Crippen molar-refractivity contribution in [2.24, 2.45) is 34.3 Å². The summed E-state index contributed by atoms with van der Waals surface area (Å²) in [6.45, 7) is 10.7. The molecule has 4 aliphatic rings. The monoisotopic (exact) mass is 741 g/mol. The minimum atomic E-state index is -1.08. The number of benzene rings is 2.